The van der Waals surface area contributed by atoms with Crippen molar-refractivity contribution in [1.82, 2.24) is 4.98 Å². The van der Waals surface area contributed by atoms with Gasteiger partial charge < -0.3 is 30.9 Å². The van der Waals surface area contributed by atoms with E-state index in [9.17, 15) is 15.0 Å². The van der Waals surface area contributed by atoms with Gasteiger partial charge in [0.2, 0.25) is 0 Å². The largest absolute Gasteiger partial charge is 2.00 e. The Morgan fingerprint density at radius 2 is 1.77 bits per heavy atom. The van der Waals surface area contributed by atoms with E-state index in [1.165, 1.54) is 12.3 Å². The summed E-state index contributed by atoms with van der Waals surface area (Å²) in [4.78, 5) is 18.5. The number of carbonyl (C=O) groups excluding carboxylic acids is 1. The number of hydrogen-bond acceptors (Lipinski definition) is 4. The van der Waals surface area contributed by atoms with Crippen molar-refractivity contribution in [3.63, 3.8) is 0 Å². The molecule has 1 aromatic heterocycles. The Kier molecular flexibility index (Phi) is 9.32. The maximum Gasteiger partial charge on any atom is 2.00 e. The summed E-state index contributed by atoms with van der Waals surface area (Å²) in [6.07, 6.45) is 3.28. The molecule has 0 bridgehead atoms. The van der Waals surface area contributed by atoms with Crippen LogP contribution in [0.2, 0.25) is 0 Å². The number of carboxylic acids is 1. The number of aliphatic carboxylic acids is 1. The van der Waals surface area contributed by atoms with Crippen molar-refractivity contribution in [3.8, 4) is 5.75 Å². The molecule has 26 heavy (non-hydrogen) atoms. The van der Waals surface area contributed by atoms with Crippen LogP contribution in [-0.2, 0) is 39.2 Å². The van der Waals surface area contributed by atoms with Crippen LogP contribution in [-0.4, -0.2) is 23.2 Å². The van der Waals surface area contributed by atoms with Crippen LogP contribution in [0, 0.1) is 0 Å². The number of rotatable bonds is 5. The molecule has 0 spiro atoms. The smallest absolute Gasteiger partial charge is 0.872 e. The molecule has 0 aliphatic rings. The Morgan fingerprint density at radius 1 is 1.12 bits per heavy atom. The summed E-state index contributed by atoms with van der Waals surface area (Å²) in [7, 11) is 0. The number of aliphatic imine (C=N–C) groups is 1. The second-order valence-corrected chi connectivity index (χ2v) is 5.21. The summed E-state index contributed by atoms with van der Waals surface area (Å²) in [5, 5.41) is 23.9. The van der Waals surface area contributed by atoms with E-state index >= 15 is 0 Å². The Labute approximate surface area is 160 Å². The van der Waals surface area contributed by atoms with Gasteiger partial charge in [-0.05, 0) is 17.2 Å². The second kappa shape index (κ2) is 10.4. The van der Waals surface area contributed by atoms with Crippen molar-refractivity contribution in [2.24, 2.45) is 4.99 Å². The summed E-state index contributed by atoms with van der Waals surface area (Å²) < 4.78 is 0. The summed E-state index contributed by atoms with van der Waals surface area (Å²) >= 11 is 0. The first kappa shape index (κ1) is 23.4. The fourth-order valence-electron chi connectivity index (χ4n) is 2.46. The number of hydrogen-bond donors (Lipinski definition) is 1. The van der Waals surface area contributed by atoms with Crippen molar-refractivity contribution in [3.05, 3.63) is 65.9 Å². The van der Waals surface area contributed by atoms with Crippen LogP contribution in [0.5, 0.6) is 5.75 Å². The number of aromatic amines is 1. The van der Waals surface area contributed by atoms with E-state index in [2.05, 4.69) is 9.98 Å². The van der Waals surface area contributed by atoms with E-state index in [1.54, 1.807) is 24.4 Å². The second-order valence-electron chi connectivity index (χ2n) is 5.21. The van der Waals surface area contributed by atoms with Gasteiger partial charge in [-0.2, -0.15) is 0 Å². The van der Waals surface area contributed by atoms with E-state index in [0.717, 1.165) is 16.5 Å². The van der Waals surface area contributed by atoms with Crippen LogP contribution in [0.1, 0.15) is 11.1 Å². The van der Waals surface area contributed by atoms with Gasteiger partial charge in [0.25, 0.3) is 0 Å². The third-order valence-electron chi connectivity index (χ3n) is 3.67. The predicted octanol–water partition coefficient (Wildman–Crippen LogP) is -0.825. The predicted molar refractivity (Wildman–Crippen MR) is 94.0 cm³/mol. The summed E-state index contributed by atoms with van der Waals surface area (Å²) in [6, 6.07) is 12.9. The molecule has 0 unspecified atom stereocenters. The van der Waals surface area contributed by atoms with Gasteiger partial charge >= 0.3 is 17.1 Å². The average Bonchev–Trinajstić information content (AvgIpc) is 2.95. The van der Waals surface area contributed by atoms with E-state index < -0.39 is 12.0 Å². The Balaban J connectivity index is 0.00000208. The molecule has 1 heterocycles. The van der Waals surface area contributed by atoms with Gasteiger partial charge in [0.05, 0.1) is 12.0 Å². The van der Waals surface area contributed by atoms with Crippen molar-refractivity contribution in [2.75, 3.05) is 0 Å². The molecule has 0 aliphatic heterocycles. The minimum atomic E-state index is -1.27. The van der Waals surface area contributed by atoms with Gasteiger partial charge in [0.15, 0.2) is 0 Å². The van der Waals surface area contributed by atoms with Crippen molar-refractivity contribution < 1.29 is 43.0 Å². The standard InChI is InChI=1S/C18H16N2O3.Cu.2H2O/c21-17-8-4-1-5-12(17)10-20-16(18(22)23)9-13-11-19-15-7-3-2-6-14(13)15;;;/h1-8,10-11,16,19,21H,9H2,(H,22,23);;2*1H2/q;+2;;/t16-;;;/m0.../s1. The first-order valence-electron chi connectivity index (χ1n) is 7.20. The molecule has 0 aliphatic carbocycles. The zero-order valence-electron chi connectivity index (χ0n) is 13.7. The average molecular weight is 408 g/mol. The zero-order chi connectivity index (χ0) is 16.2. The van der Waals surface area contributed by atoms with Gasteiger partial charge in [0.1, 0.15) is 0 Å². The molecule has 1 radical (unpaired) electrons. The molecule has 1 atom stereocenters. The first-order valence-corrected chi connectivity index (χ1v) is 7.20. The molecular weight excluding hydrogens is 388 g/mol. The number of nitrogens with one attached hydrogen (secondary N) is 1. The molecule has 0 amide bonds. The third kappa shape index (κ3) is 5.18. The number of benzene rings is 2. The molecular formula is C18H20CuN2O5+2. The number of fused-ring (bicyclic) bond motifs is 1. The molecule has 3 rings (SSSR count). The van der Waals surface area contributed by atoms with Crippen molar-refractivity contribution in [1.29, 1.82) is 0 Å². The van der Waals surface area contributed by atoms with E-state index in [1.807, 2.05) is 24.3 Å². The number of H-pyrrole nitrogens is 1. The fourth-order valence-corrected chi connectivity index (χ4v) is 2.46. The zero-order valence-corrected chi connectivity index (χ0v) is 14.6. The number of aromatic nitrogens is 1. The van der Waals surface area contributed by atoms with Crippen LogP contribution in [0.3, 0.4) is 0 Å². The van der Waals surface area contributed by atoms with Gasteiger partial charge in [-0.1, -0.05) is 42.5 Å². The Hall–Kier alpha value is -2.64. The van der Waals surface area contributed by atoms with Crippen LogP contribution in [0.15, 0.2) is 59.7 Å². The van der Waals surface area contributed by atoms with Crippen molar-refractivity contribution >= 4 is 23.1 Å². The molecule has 0 saturated carbocycles. The topological polar surface area (TPSA) is 157 Å². The van der Waals surface area contributed by atoms with Crippen LogP contribution >= 0.6 is 0 Å². The van der Waals surface area contributed by atoms with Crippen LogP contribution in [0.4, 0.5) is 0 Å². The molecule has 7 N–H and O–H groups in total. The summed E-state index contributed by atoms with van der Waals surface area (Å²) in [5.41, 5.74) is 2.15. The maximum absolute atomic E-state index is 11.6. The van der Waals surface area contributed by atoms with Crippen LogP contribution < -0.4 is 10.2 Å². The van der Waals surface area contributed by atoms with E-state index in [-0.39, 0.29) is 40.2 Å². The Morgan fingerprint density at radius 3 is 2.46 bits per heavy atom. The Bertz CT molecular complexity index is 879. The SMILES string of the molecule is O=C([O-])[C@H](Cc1c[nH]c2ccccc12)N=Cc1ccccc1[O-].[Cu+2].[OH3+].[OH3+]. The van der Waals surface area contributed by atoms with Gasteiger partial charge in [-0.15, -0.1) is 5.75 Å². The van der Waals surface area contributed by atoms with E-state index in [4.69, 9.17) is 0 Å². The first-order chi connectivity index (χ1) is 11.1. The molecule has 0 fully saturated rings. The third-order valence-corrected chi connectivity index (χ3v) is 3.67. The molecule has 141 valence electrons. The van der Waals surface area contributed by atoms with Gasteiger partial charge in [-0.25, -0.2) is 0 Å². The minimum absolute atomic E-state index is 0. The normalized spacial score (nSPS) is 11.2. The number of carbonyl (C=O) groups is 1. The molecule has 2 aromatic carbocycles. The molecule has 7 nitrogen and oxygen atoms in total. The molecule has 3 aromatic rings. The van der Waals surface area contributed by atoms with Gasteiger partial charge in [0, 0.05) is 29.7 Å². The maximum atomic E-state index is 11.6. The van der Waals surface area contributed by atoms with Gasteiger partial charge in [-0.3, -0.25) is 4.99 Å². The number of nitrogens with zero attached hydrogens (tertiary/aromatic N) is 1. The van der Waals surface area contributed by atoms with E-state index in [0.29, 0.717) is 5.56 Å². The quantitative estimate of drug-likeness (QED) is 0.333. The fraction of sp³-hybridized carbons (Fsp3) is 0.111. The molecule has 8 heteroatoms. The monoisotopic (exact) mass is 407 g/mol. The number of carboxylic acid groups (broad SMARTS) is 1. The van der Waals surface area contributed by atoms with Crippen molar-refractivity contribution in [2.45, 2.75) is 12.5 Å². The molecule has 0 saturated heterocycles. The minimum Gasteiger partial charge on any atom is -0.872 e. The summed E-state index contributed by atoms with van der Waals surface area (Å²) in [5.74, 6) is -1.46. The number of para-hydroxylation sites is 2. The van der Waals surface area contributed by atoms with Crippen LogP contribution in [0.25, 0.3) is 10.9 Å². The summed E-state index contributed by atoms with van der Waals surface area (Å²) in [6.45, 7) is 0.